The monoisotopic (exact) mass is 219 g/mol. The fraction of sp³-hybridized carbons (Fsp3) is 1.00. The van der Waals surface area contributed by atoms with Crippen molar-refractivity contribution in [1.29, 1.82) is 0 Å². The fourth-order valence-corrected chi connectivity index (χ4v) is 4.05. The molecule has 0 saturated heterocycles. The highest BCUT2D eigenvalue weighted by Crippen LogP contribution is 2.40. The molecule has 84 valence electrons. The Morgan fingerprint density at radius 1 is 1.43 bits per heavy atom. The van der Waals surface area contributed by atoms with Crippen molar-refractivity contribution >= 4 is 9.84 Å². The molecule has 2 atom stereocenters. The van der Waals surface area contributed by atoms with Gasteiger partial charge in [0.15, 0.2) is 9.84 Å². The van der Waals surface area contributed by atoms with Gasteiger partial charge in [-0.3, -0.25) is 0 Å². The van der Waals surface area contributed by atoms with E-state index in [-0.39, 0.29) is 16.6 Å². The zero-order chi connectivity index (χ0) is 11.0. The van der Waals surface area contributed by atoms with Crippen LogP contribution in [0.25, 0.3) is 0 Å². The van der Waals surface area contributed by atoms with E-state index in [1.54, 1.807) is 0 Å². The SMILES string of the molecule is CC1(C)CCC(CN)C(S(C)(=O)=O)C1. The van der Waals surface area contributed by atoms with Crippen LogP contribution in [0.1, 0.15) is 33.1 Å². The smallest absolute Gasteiger partial charge is 0.150 e. The summed E-state index contributed by atoms with van der Waals surface area (Å²) >= 11 is 0. The van der Waals surface area contributed by atoms with Crippen molar-refractivity contribution in [3.8, 4) is 0 Å². The molecule has 3 nitrogen and oxygen atoms in total. The van der Waals surface area contributed by atoms with Crippen molar-refractivity contribution in [2.24, 2.45) is 17.1 Å². The van der Waals surface area contributed by atoms with Gasteiger partial charge in [-0.1, -0.05) is 13.8 Å². The van der Waals surface area contributed by atoms with Crippen LogP contribution in [0.2, 0.25) is 0 Å². The fourth-order valence-electron chi connectivity index (χ4n) is 2.35. The predicted molar refractivity (Wildman–Crippen MR) is 58.8 cm³/mol. The van der Waals surface area contributed by atoms with Crippen LogP contribution in [0.3, 0.4) is 0 Å². The van der Waals surface area contributed by atoms with Gasteiger partial charge in [0.25, 0.3) is 0 Å². The second kappa shape index (κ2) is 3.81. The average Bonchev–Trinajstić information content (AvgIpc) is 2.01. The van der Waals surface area contributed by atoms with Crippen LogP contribution in [-0.2, 0) is 9.84 Å². The van der Waals surface area contributed by atoms with Crippen molar-refractivity contribution in [2.45, 2.75) is 38.4 Å². The topological polar surface area (TPSA) is 60.2 Å². The molecule has 1 fully saturated rings. The van der Waals surface area contributed by atoms with Gasteiger partial charge in [0.05, 0.1) is 5.25 Å². The number of rotatable bonds is 2. The maximum Gasteiger partial charge on any atom is 0.150 e. The van der Waals surface area contributed by atoms with Crippen molar-refractivity contribution in [2.75, 3.05) is 12.8 Å². The number of sulfone groups is 1. The molecule has 0 aromatic rings. The number of hydrogen-bond donors (Lipinski definition) is 1. The third-order valence-corrected chi connectivity index (χ3v) is 4.98. The molecule has 0 radical (unpaired) electrons. The van der Waals surface area contributed by atoms with Crippen molar-refractivity contribution in [1.82, 2.24) is 0 Å². The molecule has 0 bridgehead atoms. The first-order chi connectivity index (χ1) is 6.26. The van der Waals surface area contributed by atoms with Crippen LogP contribution in [0.5, 0.6) is 0 Å². The molecule has 2 N–H and O–H groups in total. The van der Waals surface area contributed by atoms with Crippen LogP contribution in [0.4, 0.5) is 0 Å². The lowest BCUT2D eigenvalue weighted by atomic mass is 9.73. The van der Waals surface area contributed by atoms with Gasteiger partial charge < -0.3 is 5.73 Å². The third-order valence-electron chi connectivity index (χ3n) is 3.32. The highest BCUT2D eigenvalue weighted by molar-refractivity contribution is 7.91. The Labute approximate surface area is 87.0 Å². The lowest BCUT2D eigenvalue weighted by molar-refractivity contribution is 0.198. The number of nitrogens with two attached hydrogens (primary N) is 1. The molecule has 0 heterocycles. The molecule has 14 heavy (non-hydrogen) atoms. The van der Waals surface area contributed by atoms with Crippen molar-refractivity contribution in [3.05, 3.63) is 0 Å². The largest absolute Gasteiger partial charge is 0.330 e. The summed E-state index contributed by atoms with van der Waals surface area (Å²) in [5.41, 5.74) is 5.77. The maximum absolute atomic E-state index is 11.6. The van der Waals surface area contributed by atoms with E-state index < -0.39 is 9.84 Å². The van der Waals surface area contributed by atoms with E-state index in [2.05, 4.69) is 13.8 Å². The van der Waals surface area contributed by atoms with E-state index in [9.17, 15) is 8.42 Å². The Hall–Kier alpha value is -0.0900. The van der Waals surface area contributed by atoms with E-state index in [4.69, 9.17) is 5.73 Å². The highest BCUT2D eigenvalue weighted by atomic mass is 32.2. The quantitative estimate of drug-likeness (QED) is 0.758. The van der Waals surface area contributed by atoms with Gasteiger partial charge in [-0.15, -0.1) is 0 Å². The third kappa shape index (κ3) is 2.70. The Morgan fingerprint density at radius 2 is 2.00 bits per heavy atom. The van der Waals surface area contributed by atoms with Gasteiger partial charge in [0.2, 0.25) is 0 Å². The second-order valence-corrected chi connectivity index (χ2v) is 7.54. The lowest BCUT2D eigenvalue weighted by Crippen LogP contribution is -2.42. The van der Waals surface area contributed by atoms with Crippen LogP contribution in [0, 0.1) is 11.3 Å². The summed E-state index contributed by atoms with van der Waals surface area (Å²) in [7, 11) is -2.94. The summed E-state index contributed by atoms with van der Waals surface area (Å²) in [5.74, 6) is 0.165. The summed E-state index contributed by atoms with van der Waals surface area (Å²) < 4.78 is 23.2. The molecule has 4 heteroatoms. The minimum absolute atomic E-state index is 0.152. The van der Waals surface area contributed by atoms with Crippen molar-refractivity contribution < 1.29 is 8.42 Å². The zero-order valence-corrected chi connectivity index (χ0v) is 10.1. The highest BCUT2D eigenvalue weighted by Gasteiger charge is 2.39. The van der Waals surface area contributed by atoms with Crippen LogP contribution in [0.15, 0.2) is 0 Å². The van der Waals surface area contributed by atoms with Crippen LogP contribution >= 0.6 is 0 Å². The van der Waals surface area contributed by atoms with Crippen molar-refractivity contribution in [3.63, 3.8) is 0 Å². The summed E-state index contributed by atoms with van der Waals surface area (Å²) in [6.45, 7) is 4.77. The molecule has 1 saturated carbocycles. The first kappa shape index (κ1) is 12.0. The van der Waals surface area contributed by atoms with Crippen LogP contribution in [-0.4, -0.2) is 26.5 Å². The summed E-state index contributed by atoms with van der Waals surface area (Å²) in [4.78, 5) is 0. The van der Waals surface area contributed by atoms with E-state index in [0.29, 0.717) is 6.54 Å². The summed E-state index contributed by atoms with van der Waals surface area (Å²) in [6.07, 6.45) is 4.12. The minimum Gasteiger partial charge on any atom is -0.330 e. The van der Waals surface area contributed by atoms with Gasteiger partial charge in [0, 0.05) is 6.26 Å². The van der Waals surface area contributed by atoms with E-state index >= 15 is 0 Å². The number of hydrogen-bond acceptors (Lipinski definition) is 3. The minimum atomic E-state index is -2.94. The van der Waals surface area contributed by atoms with E-state index in [0.717, 1.165) is 19.3 Å². The van der Waals surface area contributed by atoms with Gasteiger partial charge in [-0.05, 0) is 37.1 Å². The summed E-state index contributed by atoms with van der Waals surface area (Å²) in [6, 6.07) is 0. The van der Waals surface area contributed by atoms with Gasteiger partial charge >= 0.3 is 0 Å². The van der Waals surface area contributed by atoms with Gasteiger partial charge in [-0.25, -0.2) is 8.42 Å². The maximum atomic E-state index is 11.6. The molecule has 0 amide bonds. The molecule has 0 spiro atoms. The van der Waals surface area contributed by atoms with E-state index in [1.165, 1.54) is 6.26 Å². The standard InChI is InChI=1S/C10H21NO2S/c1-10(2)5-4-8(7-11)9(6-10)14(3,12)13/h8-9H,4-7,11H2,1-3H3. The first-order valence-electron chi connectivity index (χ1n) is 5.15. The average molecular weight is 219 g/mol. The van der Waals surface area contributed by atoms with Gasteiger partial charge in [0.1, 0.15) is 0 Å². The van der Waals surface area contributed by atoms with Crippen LogP contribution < -0.4 is 5.73 Å². The van der Waals surface area contributed by atoms with Gasteiger partial charge in [-0.2, -0.15) is 0 Å². The summed E-state index contributed by atoms with van der Waals surface area (Å²) in [5, 5.41) is -0.226. The lowest BCUT2D eigenvalue weighted by Gasteiger charge is -2.39. The molecular weight excluding hydrogens is 198 g/mol. The van der Waals surface area contributed by atoms with E-state index in [1.807, 2.05) is 0 Å². The molecular formula is C10H21NO2S. The Balaban J connectivity index is 2.87. The molecule has 1 rings (SSSR count). The molecule has 0 aromatic heterocycles. The normalized spacial score (nSPS) is 32.9. The molecule has 1 aliphatic carbocycles. The Morgan fingerprint density at radius 3 is 2.43 bits per heavy atom. The predicted octanol–water partition coefficient (Wildman–Crippen LogP) is 1.18. The Bertz CT molecular complexity index is 295. The molecule has 2 unspecified atom stereocenters. The molecule has 0 aromatic carbocycles. The second-order valence-electron chi connectivity index (χ2n) is 5.27. The Kier molecular flexibility index (Phi) is 3.26. The zero-order valence-electron chi connectivity index (χ0n) is 9.29. The first-order valence-corrected chi connectivity index (χ1v) is 7.11. The molecule has 0 aliphatic heterocycles. The molecule has 1 aliphatic rings.